The number of aromatic nitrogens is 1. The first-order valence-electron chi connectivity index (χ1n) is 6.93. The average Bonchev–Trinajstić information content (AvgIpc) is 2.53. The third-order valence-corrected chi connectivity index (χ3v) is 3.26. The van der Waals surface area contributed by atoms with Crippen LogP contribution in [0.4, 0.5) is 0 Å². The first-order chi connectivity index (χ1) is 10.1. The number of carbonyl (C=O) groups excluding carboxylic acids is 1. The summed E-state index contributed by atoms with van der Waals surface area (Å²) in [5, 5.41) is 4.12. The van der Waals surface area contributed by atoms with Crippen molar-refractivity contribution < 1.29 is 4.79 Å². The summed E-state index contributed by atoms with van der Waals surface area (Å²) in [7, 11) is 0. The van der Waals surface area contributed by atoms with Gasteiger partial charge in [-0.25, -0.2) is 5.43 Å². The van der Waals surface area contributed by atoms with Crippen molar-refractivity contribution in [3.8, 4) is 0 Å². The molecular weight excluding hydrogens is 262 g/mol. The van der Waals surface area contributed by atoms with Crippen molar-refractivity contribution in [2.45, 2.75) is 26.7 Å². The van der Waals surface area contributed by atoms with E-state index in [-0.39, 0.29) is 5.91 Å². The summed E-state index contributed by atoms with van der Waals surface area (Å²) >= 11 is 0. The first-order valence-corrected chi connectivity index (χ1v) is 6.93. The Morgan fingerprint density at radius 1 is 1.05 bits per heavy atom. The van der Waals surface area contributed by atoms with Crippen molar-refractivity contribution in [1.82, 2.24) is 10.4 Å². The summed E-state index contributed by atoms with van der Waals surface area (Å²) < 4.78 is 0. The largest absolute Gasteiger partial charge is 0.271 e. The van der Waals surface area contributed by atoms with Crippen LogP contribution < -0.4 is 5.43 Å². The maximum atomic E-state index is 12.0. The Bertz CT molecular complexity index is 631. The molecule has 0 bridgehead atoms. The molecule has 0 radical (unpaired) electrons. The highest BCUT2D eigenvalue weighted by molar-refractivity contribution is 6.00. The molecule has 0 unspecified atom stereocenters. The fraction of sp³-hybridized carbons (Fsp3) is 0.235. The number of carbonyl (C=O) groups is 1. The van der Waals surface area contributed by atoms with Crippen LogP contribution in [0.25, 0.3) is 0 Å². The van der Waals surface area contributed by atoms with E-state index in [9.17, 15) is 4.79 Å². The van der Waals surface area contributed by atoms with Gasteiger partial charge in [0.25, 0.3) is 5.91 Å². The molecule has 21 heavy (non-hydrogen) atoms. The Kier molecular flexibility index (Phi) is 4.82. The molecule has 1 heterocycles. The lowest BCUT2D eigenvalue weighted by Gasteiger charge is -2.06. The molecule has 1 amide bonds. The van der Waals surface area contributed by atoms with Crippen molar-refractivity contribution >= 4 is 11.6 Å². The van der Waals surface area contributed by atoms with Crippen LogP contribution in [0.2, 0.25) is 0 Å². The molecule has 4 heteroatoms. The van der Waals surface area contributed by atoms with Crippen LogP contribution in [0.3, 0.4) is 0 Å². The van der Waals surface area contributed by atoms with Crippen LogP contribution in [-0.4, -0.2) is 16.6 Å². The van der Waals surface area contributed by atoms with Crippen LogP contribution in [-0.2, 0) is 0 Å². The zero-order chi connectivity index (χ0) is 15.2. The molecule has 2 aromatic rings. The van der Waals surface area contributed by atoms with E-state index in [1.807, 2.05) is 43.3 Å². The predicted molar refractivity (Wildman–Crippen MR) is 84.4 cm³/mol. The first kappa shape index (κ1) is 14.9. The molecule has 1 N–H and O–H groups in total. The molecule has 4 nitrogen and oxygen atoms in total. The van der Waals surface area contributed by atoms with Crippen LogP contribution in [0.15, 0.2) is 53.9 Å². The van der Waals surface area contributed by atoms with E-state index >= 15 is 0 Å². The Hall–Kier alpha value is -2.49. The summed E-state index contributed by atoms with van der Waals surface area (Å²) in [5.74, 6) is 0.243. The predicted octanol–water partition coefficient (Wildman–Crippen LogP) is 3.36. The number of amides is 1. The number of nitrogens with one attached hydrogen (secondary N) is 1. The van der Waals surface area contributed by atoms with Gasteiger partial charge in [0.15, 0.2) is 0 Å². The van der Waals surface area contributed by atoms with Gasteiger partial charge in [-0.3, -0.25) is 9.78 Å². The number of hydrogen-bond acceptors (Lipinski definition) is 3. The van der Waals surface area contributed by atoms with Gasteiger partial charge in [0.2, 0.25) is 0 Å². The van der Waals surface area contributed by atoms with Crippen LogP contribution in [0.5, 0.6) is 0 Å². The molecule has 0 saturated carbocycles. The minimum atomic E-state index is -0.210. The number of rotatable bonds is 4. The molecule has 0 spiro atoms. The number of hydrazone groups is 1. The summed E-state index contributed by atoms with van der Waals surface area (Å²) in [6, 6.07) is 11.3. The van der Waals surface area contributed by atoms with Gasteiger partial charge in [-0.05, 0) is 42.7 Å². The molecule has 0 fully saturated rings. The van der Waals surface area contributed by atoms with Crippen molar-refractivity contribution in [3.63, 3.8) is 0 Å². The van der Waals surface area contributed by atoms with E-state index in [1.165, 1.54) is 5.56 Å². The second-order valence-electron chi connectivity index (χ2n) is 5.15. The van der Waals surface area contributed by atoms with Gasteiger partial charge in [0.1, 0.15) is 0 Å². The van der Waals surface area contributed by atoms with Gasteiger partial charge < -0.3 is 0 Å². The van der Waals surface area contributed by atoms with E-state index in [0.29, 0.717) is 11.5 Å². The molecule has 1 aromatic heterocycles. The van der Waals surface area contributed by atoms with E-state index in [4.69, 9.17) is 0 Å². The van der Waals surface area contributed by atoms with Crippen LogP contribution >= 0.6 is 0 Å². The minimum Gasteiger partial charge on any atom is -0.267 e. The fourth-order valence-electron chi connectivity index (χ4n) is 1.88. The molecular formula is C17H19N3O. The van der Waals surface area contributed by atoms with Crippen molar-refractivity contribution in [1.29, 1.82) is 0 Å². The Balaban J connectivity index is 2.04. The van der Waals surface area contributed by atoms with Crippen LogP contribution in [0, 0.1) is 0 Å². The lowest BCUT2D eigenvalue weighted by atomic mass is 10.0. The van der Waals surface area contributed by atoms with Gasteiger partial charge in [0, 0.05) is 23.5 Å². The minimum absolute atomic E-state index is 0.210. The number of pyridine rings is 1. The molecule has 0 atom stereocenters. The average molecular weight is 281 g/mol. The SMILES string of the molecule is CC(=NNC(=O)c1ccc(C(C)C)cc1)c1ccncc1. The maximum absolute atomic E-state index is 12.0. The smallest absolute Gasteiger partial charge is 0.267 e. The second kappa shape index (κ2) is 6.79. The number of nitrogens with zero attached hydrogens (tertiary/aromatic N) is 2. The molecule has 0 aliphatic rings. The summed E-state index contributed by atoms with van der Waals surface area (Å²) in [6.07, 6.45) is 3.39. The highest BCUT2D eigenvalue weighted by Gasteiger charge is 2.06. The van der Waals surface area contributed by atoms with Crippen molar-refractivity contribution in [2.75, 3.05) is 0 Å². The summed E-state index contributed by atoms with van der Waals surface area (Å²) in [6.45, 7) is 6.09. The molecule has 0 saturated heterocycles. The van der Waals surface area contributed by atoms with E-state index < -0.39 is 0 Å². The Labute approximate surface area is 124 Å². The highest BCUT2D eigenvalue weighted by atomic mass is 16.2. The van der Waals surface area contributed by atoms with Crippen molar-refractivity contribution in [3.05, 3.63) is 65.5 Å². The van der Waals surface area contributed by atoms with Crippen molar-refractivity contribution in [2.24, 2.45) is 5.10 Å². The fourth-order valence-corrected chi connectivity index (χ4v) is 1.88. The summed E-state index contributed by atoms with van der Waals surface area (Å²) in [5.41, 5.74) is 6.06. The van der Waals surface area contributed by atoms with Gasteiger partial charge in [-0.15, -0.1) is 0 Å². The van der Waals surface area contributed by atoms with E-state index in [0.717, 1.165) is 11.3 Å². The van der Waals surface area contributed by atoms with E-state index in [1.54, 1.807) is 12.4 Å². The van der Waals surface area contributed by atoms with Gasteiger partial charge in [-0.1, -0.05) is 26.0 Å². The normalized spacial score (nSPS) is 11.5. The molecule has 0 aliphatic carbocycles. The monoisotopic (exact) mass is 281 g/mol. The molecule has 108 valence electrons. The number of hydrogen-bond donors (Lipinski definition) is 1. The molecule has 2 rings (SSSR count). The Morgan fingerprint density at radius 3 is 2.24 bits per heavy atom. The van der Waals surface area contributed by atoms with Crippen LogP contribution in [0.1, 0.15) is 48.2 Å². The molecule has 1 aromatic carbocycles. The lowest BCUT2D eigenvalue weighted by molar-refractivity contribution is 0.0955. The topological polar surface area (TPSA) is 54.4 Å². The maximum Gasteiger partial charge on any atom is 0.271 e. The number of benzene rings is 1. The van der Waals surface area contributed by atoms with Gasteiger partial charge in [0.05, 0.1) is 5.71 Å². The third kappa shape index (κ3) is 3.99. The quantitative estimate of drug-likeness (QED) is 0.690. The van der Waals surface area contributed by atoms with Gasteiger partial charge in [-0.2, -0.15) is 5.10 Å². The zero-order valence-corrected chi connectivity index (χ0v) is 12.5. The molecule has 0 aliphatic heterocycles. The Morgan fingerprint density at radius 2 is 1.67 bits per heavy atom. The van der Waals surface area contributed by atoms with Gasteiger partial charge >= 0.3 is 0 Å². The lowest BCUT2D eigenvalue weighted by Crippen LogP contribution is -2.19. The standard InChI is InChI=1S/C17H19N3O/c1-12(2)14-4-6-16(7-5-14)17(21)20-19-13(3)15-8-10-18-11-9-15/h4-12H,1-3H3,(H,20,21). The zero-order valence-electron chi connectivity index (χ0n) is 12.5. The van der Waals surface area contributed by atoms with E-state index in [2.05, 4.69) is 29.4 Å². The third-order valence-electron chi connectivity index (χ3n) is 3.26. The summed E-state index contributed by atoms with van der Waals surface area (Å²) in [4.78, 5) is 16.0. The second-order valence-corrected chi connectivity index (χ2v) is 5.15. The highest BCUT2D eigenvalue weighted by Crippen LogP contribution is 2.14.